The van der Waals surface area contributed by atoms with Crippen LogP contribution in [0.15, 0.2) is 23.4 Å². The molecule has 2 aliphatic rings. The van der Waals surface area contributed by atoms with Crippen LogP contribution < -0.4 is 4.74 Å². The first-order valence-electron chi connectivity index (χ1n) is 6.84. The number of hydrogen-bond donors (Lipinski definition) is 1. The zero-order valence-corrected chi connectivity index (χ0v) is 10.6. The molecule has 0 aliphatic heterocycles. The van der Waals surface area contributed by atoms with Crippen LogP contribution in [-0.4, -0.2) is 17.5 Å². The van der Waals surface area contributed by atoms with Gasteiger partial charge in [-0.2, -0.15) is 0 Å². The van der Waals surface area contributed by atoms with Gasteiger partial charge in [0.15, 0.2) is 0 Å². The van der Waals surface area contributed by atoms with Gasteiger partial charge in [-0.05, 0) is 44.1 Å². The smallest absolute Gasteiger partial charge is 0.123 e. The fraction of sp³-hybridized carbons (Fsp3) is 0.533. The minimum atomic E-state index is 0.746. The zero-order valence-electron chi connectivity index (χ0n) is 10.6. The van der Waals surface area contributed by atoms with Crippen LogP contribution >= 0.6 is 0 Å². The van der Waals surface area contributed by atoms with E-state index in [9.17, 15) is 0 Å². The van der Waals surface area contributed by atoms with E-state index in [4.69, 9.17) is 9.94 Å². The summed E-state index contributed by atoms with van der Waals surface area (Å²) in [4.78, 5) is 0. The van der Waals surface area contributed by atoms with Crippen molar-refractivity contribution in [1.29, 1.82) is 0 Å². The van der Waals surface area contributed by atoms with Gasteiger partial charge in [0.05, 0.1) is 12.3 Å². The Morgan fingerprint density at radius 1 is 1.22 bits per heavy atom. The number of nitrogens with zero attached hydrogens (tertiary/aromatic N) is 1. The summed E-state index contributed by atoms with van der Waals surface area (Å²) in [6, 6.07) is 6.06. The number of hydrogen-bond acceptors (Lipinski definition) is 3. The summed E-state index contributed by atoms with van der Waals surface area (Å²) in [5.74, 6) is 1.73. The summed E-state index contributed by atoms with van der Waals surface area (Å²) >= 11 is 0. The van der Waals surface area contributed by atoms with Crippen molar-refractivity contribution in [2.45, 2.75) is 38.5 Å². The molecule has 1 aromatic carbocycles. The summed E-state index contributed by atoms with van der Waals surface area (Å²) < 4.78 is 5.96. The molecule has 1 N–H and O–H groups in total. The van der Waals surface area contributed by atoms with E-state index in [-0.39, 0.29) is 0 Å². The molecule has 0 bridgehead atoms. The lowest BCUT2D eigenvalue weighted by atomic mass is 9.86. The van der Waals surface area contributed by atoms with E-state index in [1.807, 2.05) is 18.2 Å². The Hall–Kier alpha value is -1.51. The van der Waals surface area contributed by atoms with Crippen LogP contribution in [0.25, 0.3) is 0 Å². The predicted octanol–water partition coefficient (Wildman–Crippen LogP) is 3.38. The van der Waals surface area contributed by atoms with Gasteiger partial charge in [0.2, 0.25) is 0 Å². The highest BCUT2D eigenvalue weighted by Crippen LogP contribution is 2.32. The molecule has 3 heteroatoms. The molecule has 96 valence electrons. The number of rotatable bonds is 3. The summed E-state index contributed by atoms with van der Waals surface area (Å²) in [5.41, 5.74) is 3.08. The van der Waals surface area contributed by atoms with Crippen molar-refractivity contribution in [3.8, 4) is 5.75 Å². The first-order valence-corrected chi connectivity index (χ1v) is 6.84. The Kier molecular flexibility index (Phi) is 3.22. The molecule has 3 rings (SSSR count). The molecule has 0 aromatic heterocycles. The topological polar surface area (TPSA) is 41.8 Å². The largest absolute Gasteiger partial charge is 0.493 e. The first kappa shape index (κ1) is 11.6. The lowest BCUT2D eigenvalue weighted by Crippen LogP contribution is -2.20. The van der Waals surface area contributed by atoms with Gasteiger partial charge in [-0.1, -0.05) is 23.7 Å². The van der Waals surface area contributed by atoms with E-state index in [0.29, 0.717) is 0 Å². The van der Waals surface area contributed by atoms with E-state index >= 15 is 0 Å². The third kappa shape index (κ3) is 2.09. The van der Waals surface area contributed by atoms with Gasteiger partial charge in [-0.25, -0.2) is 0 Å². The van der Waals surface area contributed by atoms with Crippen molar-refractivity contribution < 1.29 is 9.94 Å². The van der Waals surface area contributed by atoms with Gasteiger partial charge >= 0.3 is 0 Å². The molecule has 0 heterocycles. The maximum absolute atomic E-state index is 9.04. The highest BCUT2D eigenvalue weighted by Gasteiger charge is 2.22. The Balaban J connectivity index is 1.81. The zero-order chi connectivity index (χ0) is 12.4. The normalized spacial score (nSPS) is 21.4. The molecule has 1 saturated carbocycles. The molecule has 0 amide bonds. The molecule has 0 unspecified atom stereocenters. The third-order valence-electron chi connectivity index (χ3n) is 4.10. The van der Waals surface area contributed by atoms with Crippen LogP contribution in [0.1, 0.15) is 43.2 Å². The van der Waals surface area contributed by atoms with Crippen molar-refractivity contribution in [2.24, 2.45) is 11.1 Å². The predicted molar refractivity (Wildman–Crippen MR) is 70.5 cm³/mol. The maximum Gasteiger partial charge on any atom is 0.123 e. The molecule has 3 nitrogen and oxygen atoms in total. The standard InChI is InChI=1S/C15H19NO2/c17-16-14-8-2-7-13-12(14)6-3-9-15(13)18-10-11-4-1-5-11/h3,6,9,11,17H,1-2,4-5,7-8,10H2. The van der Waals surface area contributed by atoms with Crippen LogP contribution in [0.3, 0.4) is 0 Å². The van der Waals surface area contributed by atoms with Crippen molar-refractivity contribution in [1.82, 2.24) is 0 Å². The second-order valence-electron chi connectivity index (χ2n) is 5.29. The van der Waals surface area contributed by atoms with Gasteiger partial charge in [0.1, 0.15) is 5.75 Å². The first-order chi connectivity index (χ1) is 8.88. The van der Waals surface area contributed by atoms with Crippen molar-refractivity contribution in [3.05, 3.63) is 29.3 Å². The maximum atomic E-state index is 9.04. The summed E-state index contributed by atoms with van der Waals surface area (Å²) in [7, 11) is 0. The minimum Gasteiger partial charge on any atom is -0.493 e. The number of oxime groups is 1. The van der Waals surface area contributed by atoms with Crippen LogP contribution in [0.5, 0.6) is 5.75 Å². The quantitative estimate of drug-likeness (QED) is 0.655. The summed E-state index contributed by atoms with van der Waals surface area (Å²) in [6.07, 6.45) is 6.87. The second-order valence-corrected chi connectivity index (χ2v) is 5.29. The van der Waals surface area contributed by atoms with E-state index < -0.39 is 0 Å². The Bertz CT molecular complexity index is 464. The highest BCUT2D eigenvalue weighted by atomic mass is 16.5. The highest BCUT2D eigenvalue weighted by molar-refractivity contribution is 6.02. The molecule has 0 atom stereocenters. The summed E-state index contributed by atoms with van der Waals surface area (Å²) in [6.45, 7) is 0.835. The lowest BCUT2D eigenvalue weighted by Gasteiger charge is -2.27. The Morgan fingerprint density at radius 2 is 2.11 bits per heavy atom. The molecule has 0 radical (unpaired) electrons. The van der Waals surface area contributed by atoms with Crippen molar-refractivity contribution in [3.63, 3.8) is 0 Å². The van der Waals surface area contributed by atoms with Crippen LogP contribution in [0.4, 0.5) is 0 Å². The fourth-order valence-electron chi connectivity index (χ4n) is 2.77. The molecular formula is C15H19NO2. The van der Waals surface area contributed by atoms with Crippen molar-refractivity contribution >= 4 is 5.71 Å². The van der Waals surface area contributed by atoms with Crippen LogP contribution in [0.2, 0.25) is 0 Å². The fourth-order valence-corrected chi connectivity index (χ4v) is 2.77. The Labute approximate surface area is 107 Å². The molecule has 1 fully saturated rings. The SMILES string of the molecule is ON=C1CCCc2c(OCC3CCC3)cccc21. The van der Waals surface area contributed by atoms with E-state index in [1.165, 1.54) is 24.8 Å². The molecule has 0 saturated heterocycles. The van der Waals surface area contributed by atoms with Gasteiger partial charge < -0.3 is 9.94 Å². The Morgan fingerprint density at radius 3 is 2.83 bits per heavy atom. The monoisotopic (exact) mass is 245 g/mol. The van der Waals surface area contributed by atoms with E-state index in [2.05, 4.69) is 5.16 Å². The van der Waals surface area contributed by atoms with Crippen LogP contribution in [-0.2, 0) is 6.42 Å². The number of ether oxygens (including phenoxy) is 1. The minimum absolute atomic E-state index is 0.746. The van der Waals surface area contributed by atoms with Crippen molar-refractivity contribution in [2.75, 3.05) is 6.61 Å². The van der Waals surface area contributed by atoms with Gasteiger partial charge in [-0.15, -0.1) is 0 Å². The van der Waals surface area contributed by atoms with Gasteiger partial charge in [0.25, 0.3) is 0 Å². The van der Waals surface area contributed by atoms with Crippen LogP contribution in [0, 0.1) is 5.92 Å². The molecule has 1 aromatic rings. The molecule has 0 spiro atoms. The number of benzene rings is 1. The summed E-state index contributed by atoms with van der Waals surface area (Å²) in [5, 5.41) is 12.5. The molecular weight excluding hydrogens is 226 g/mol. The lowest BCUT2D eigenvalue weighted by molar-refractivity contribution is 0.179. The third-order valence-corrected chi connectivity index (χ3v) is 4.10. The average Bonchev–Trinajstić information content (AvgIpc) is 2.36. The number of fused-ring (bicyclic) bond motifs is 1. The van der Waals surface area contributed by atoms with E-state index in [0.717, 1.165) is 48.8 Å². The molecule has 18 heavy (non-hydrogen) atoms. The van der Waals surface area contributed by atoms with Gasteiger partial charge in [-0.3, -0.25) is 0 Å². The second kappa shape index (κ2) is 5.01. The average molecular weight is 245 g/mol. The van der Waals surface area contributed by atoms with E-state index in [1.54, 1.807) is 0 Å². The van der Waals surface area contributed by atoms with Gasteiger partial charge in [0, 0.05) is 11.1 Å². The molecule has 2 aliphatic carbocycles.